The second-order valence-electron chi connectivity index (χ2n) is 6.44. The van der Waals surface area contributed by atoms with E-state index in [1.165, 1.54) is 0 Å². The van der Waals surface area contributed by atoms with E-state index in [-0.39, 0.29) is 18.7 Å². The normalized spacial score (nSPS) is 20.7. The predicted molar refractivity (Wildman–Crippen MR) is 91.5 cm³/mol. The van der Waals surface area contributed by atoms with E-state index in [9.17, 15) is 4.79 Å². The average Bonchev–Trinajstić information content (AvgIpc) is 3.03. The molecule has 7 heteroatoms. The number of carbonyl (C=O) groups is 1. The Bertz CT molecular complexity index is 790. The van der Waals surface area contributed by atoms with Gasteiger partial charge in [0.1, 0.15) is 12.1 Å². The summed E-state index contributed by atoms with van der Waals surface area (Å²) in [5, 5.41) is 6.26. The summed E-state index contributed by atoms with van der Waals surface area (Å²) in [5.74, 6) is 2.77. The third-order valence-corrected chi connectivity index (χ3v) is 4.56. The lowest BCUT2D eigenvalue weighted by Crippen LogP contribution is -2.42. The number of amides is 1. The minimum absolute atomic E-state index is 0.0252. The Hall–Kier alpha value is -2.83. The predicted octanol–water partition coefficient (Wildman–Crippen LogP) is 2.20. The van der Waals surface area contributed by atoms with Gasteiger partial charge >= 0.3 is 0 Å². The number of benzene rings is 1. The number of rotatable bonds is 5. The average molecular weight is 340 g/mol. The van der Waals surface area contributed by atoms with Crippen LogP contribution in [0.4, 0.5) is 5.82 Å². The molecule has 2 aromatic rings. The molecule has 130 valence electrons. The van der Waals surface area contributed by atoms with Crippen LogP contribution in [-0.2, 0) is 11.3 Å². The molecule has 0 unspecified atom stereocenters. The van der Waals surface area contributed by atoms with E-state index in [0.717, 1.165) is 41.4 Å². The Morgan fingerprint density at radius 3 is 2.88 bits per heavy atom. The van der Waals surface area contributed by atoms with Crippen molar-refractivity contribution < 1.29 is 14.3 Å². The molecule has 1 aromatic heterocycles. The molecule has 1 aliphatic carbocycles. The van der Waals surface area contributed by atoms with Crippen LogP contribution in [0, 0.1) is 0 Å². The van der Waals surface area contributed by atoms with Gasteiger partial charge in [0.05, 0.1) is 0 Å². The largest absolute Gasteiger partial charge is 0.454 e. The lowest BCUT2D eigenvalue weighted by atomic mass is 9.78. The minimum atomic E-state index is 0.0252. The molecule has 1 amide bonds. The van der Waals surface area contributed by atoms with Crippen molar-refractivity contribution in [2.24, 2.45) is 0 Å². The fourth-order valence-electron chi connectivity index (χ4n) is 3.20. The van der Waals surface area contributed by atoms with Crippen molar-refractivity contribution in [3.63, 3.8) is 0 Å². The first-order valence-corrected chi connectivity index (χ1v) is 8.39. The lowest BCUT2D eigenvalue weighted by Gasteiger charge is -2.35. The zero-order valence-corrected chi connectivity index (χ0v) is 14.0. The summed E-state index contributed by atoms with van der Waals surface area (Å²) in [6.45, 7) is 2.48. The zero-order chi connectivity index (χ0) is 17.2. The van der Waals surface area contributed by atoms with Crippen molar-refractivity contribution in [3.05, 3.63) is 41.9 Å². The smallest absolute Gasteiger partial charge is 0.231 e. The van der Waals surface area contributed by atoms with Gasteiger partial charge in [-0.2, -0.15) is 0 Å². The van der Waals surface area contributed by atoms with Gasteiger partial charge in [-0.15, -0.1) is 0 Å². The van der Waals surface area contributed by atoms with Gasteiger partial charge in [0.2, 0.25) is 12.7 Å². The number of aromatic nitrogens is 2. The van der Waals surface area contributed by atoms with Crippen LogP contribution in [0.15, 0.2) is 30.6 Å². The van der Waals surface area contributed by atoms with Gasteiger partial charge in [0.15, 0.2) is 11.5 Å². The monoisotopic (exact) mass is 340 g/mol. The first-order chi connectivity index (χ1) is 12.2. The summed E-state index contributed by atoms with van der Waals surface area (Å²) in [4.78, 5) is 19.7. The number of hydrogen-bond donors (Lipinski definition) is 2. The van der Waals surface area contributed by atoms with Gasteiger partial charge in [0, 0.05) is 37.2 Å². The Morgan fingerprint density at radius 2 is 2.04 bits per heavy atom. The van der Waals surface area contributed by atoms with Crippen LogP contribution in [0.25, 0.3) is 0 Å². The number of hydrogen-bond acceptors (Lipinski definition) is 6. The standard InChI is InChI=1S/C18H20N4O3/c1-11(23)22-14-5-13(6-14)15-7-18(21-9-20-15)19-8-12-2-3-16-17(4-12)25-10-24-16/h2-4,7,9,13-14H,5-6,8,10H2,1H3,(H,22,23)(H,19,20,21). The topological polar surface area (TPSA) is 85.4 Å². The quantitative estimate of drug-likeness (QED) is 0.868. The van der Waals surface area contributed by atoms with Gasteiger partial charge in [-0.1, -0.05) is 6.07 Å². The Kier molecular flexibility index (Phi) is 4.13. The van der Waals surface area contributed by atoms with Crippen molar-refractivity contribution in [1.29, 1.82) is 0 Å². The highest BCUT2D eigenvalue weighted by Crippen LogP contribution is 2.36. The molecule has 1 saturated carbocycles. The van der Waals surface area contributed by atoms with E-state index in [4.69, 9.17) is 9.47 Å². The van der Waals surface area contributed by atoms with Crippen LogP contribution in [-0.4, -0.2) is 28.7 Å². The van der Waals surface area contributed by atoms with Crippen LogP contribution in [0.1, 0.15) is 36.9 Å². The van der Waals surface area contributed by atoms with E-state index in [0.29, 0.717) is 12.5 Å². The van der Waals surface area contributed by atoms with Crippen molar-refractivity contribution >= 4 is 11.7 Å². The molecular formula is C18H20N4O3. The maximum Gasteiger partial charge on any atom is 0.231 e. The number of nitrogens with zero attached hydrogens (tertiary/aromatic N) is 2. The summed E-state index contributed by atoms with van der Waals surface area (Å²) in [6.07, 6.45) is 3.44. The second-order valence-corrected chi connectivity index (χ2v) is 6.44. The molecule has 0 bridgehead atoms. The summed E-state index contributed by atoms with van der Waals surface area (Å²) in [6, 6.07) is 8.15. The maximum absolute atomic E-state index is 11.1. The van der Waals surface area contributed by atoms with Gasteiger partial charge in [-0.3, -0.25) is 4.79 Å². The van der Waals surface area contributed by atoms with Crippen LogP contribution in [0.2, 0.25) is 0 Å². The fourth-order valence-corrected chi connectivity index (χ4v) is 3.20. The number of anilines is 1. The molecule has 1 aliphatic heterocycles. The molecule has 0 atom stereocenters. The highest BCUT2D eigenvalue weighted by Gasteiger charge is 2.31. The summed E-state index contributed by atoms with van der Waals surface area (Å²) in [7, 11) is 0. The van der Waals surface area contributed by atoms with Crippen LogP contribution in [0.5, 0.6) is 11.5 Å². The SMILES string of the molecule is CC(=O)NC1CC(c2cc(NCc3ccc4c(c3)OCO4)ncn2)C1. The molecular weight excluding hydrogens is 320 g/mol. The van der Waals surface area contributed by atoms with E-state index in [1.807, 2.05) is 24.3 Å². The molecule has 2 aliphatic rings. The molecule has 0 radical (unpaired) electrons. The van der Waals surface area contributed by atoms with Crippen LogP contribution >= 0.6 is 0 Å². The minimum Gasteiger partial charge on any atom is -0.454 e. The summed E-state index contributed by atoms with van der Waals surface area (Å²) >= 11 is 0. The summed E-state index contributed by atoms with van der Waals surface area (Å²) < 4.78 is 10.7. The third kappa shape index (κ3) is 3.50. The van der Waals surface area contributed by atoms with Crippen LogP contribution < -0.4 is 20.1 Å². The first-order valence-electron chi connectivity index (χ1n) is 8.39. The molecule has 7 nitrogen and oxygen atoms in total. The third-order valence-electron chi connectivity index (χ3n) is 4.56. The summed E-state index contributed by atoms with van der Waals surface area (Å²) in [5.41, 5.74) is 2.11. The Balaban J connectivity index is 1.35. The maximum atomic E-state index is 11.1. The fraction of sp³-hybridized carbons (Fsp3) is 0.389. The molecule has 1 fully saturated rings. The highest BCUT2D eigenvalue weighted by atomic mass is 16.7. The van der Waals surface area contributed by atoms with Gasteiger partial charge in [-0.05, 0) is 30.5 Å². The zero-order valence-electron chi connectivity index (χ0n) is 14.0. The van der Waals surface area contributed by atoms with Crippen LogP contribution in [0.3, 0.4) is 0 Å². The number of ether oxygens (including phenoxy) is 2. The van der Waals surface area contributed by atoms with E-state index in [1.54, 1.807) is 13.3 Å². The Labute approximate surface area is 145 Å². The van der Waals surface area contributed by atoms with Gasteiger partial charge < -0.3 is 20.1 Å². The van der Waals surface area contributed by atoms with E-state index in [2.05, 4.69) is 20.6 Å². The Morgan fingerprint density at radius 1 is 1.20 bits per heavy atom. The lowest BCUT2D eigenvalue weighted by molar-refractivity contribution is -0.120. The van der Waals surface area contributed by atoms with E-state index >= 15 is 0 Å². The van der Waals surface area contributed by atoms with Crippen molar-refractivity contribution in [2.45, 2.75) is 38.3 Å². The van der Waals surface area contributed by atoms with Crippen molar-refractivity contribution in [1.82, 2.24) is 15.3 Å². The molecule has 2 heterocycles. The molecule has 4 rings (SSSR count). The first kappa shape index (κ1) is 15.7. The molecule has 1 aromatic carbocycles. The second kappa shape index (κ2) is 6.58. The molecule has 25 heavy (non-hydrogen) atoms. The van der Waals surface area contributed by atoms with Crippen molar-refractivity contribution in [2.75, 3.05) is 12.1 Å². The number of nitrogens with one attached hydrogen (secondary N) is 2. The van der Waals surface area contributed by atoms with E-state index < -0.39 is 0 Å². The molecule has 2 N–H and O–H groups in total. The molecule has 0 spiro atoms. The van der Waals surface area contributed by atoms with Gasteiger partial charge in [0.25, 0.3) is 0 Å². The van der Waals surface area contributed by atoms with Gasteiger partial charge in [-0.25, -0.2) is 9.97 Å². The number of fused-ring (bicyclic) bond motifs is 1. The number of carbonyl (C=O) groups excluding carboxylic acids is 1. The molecule has 0 saturated heterocycles. The highest BCUT2D eigenvalue weighted by molar-refractivity contribution is 5.73. The van der Waals surface area contributed by atoms with Crippen molar-refractivity contribution in [3.8, 4) is 11.5 Å².